The van der Waals surface area contributed by atoms with E-state index in [1.807, 2.05) is 0 Å². The van der Waals surface area contributed by atoms with Crippen LogP contribution < -0.4 is 0 Å². The summed E-state index contributed by atoms with van der Waals surface area (Å²) in [6, 6.07) is 0. The van der Waals surface area contributed by atoms with Gasteiger partial charge in [-0.2, -0.15) is 0 Å². The van der Waals surface area contributed by atoms with Crippen LogP contribution >= 0.6 is 0 Å². The van der Waals surface area contributed by atoms with E-state index in [0.29, 0.717) is 0 Å². The van der Waals surface area contributed by atoms with Gasteiger partial charge in [0.05, 0.1) is 0 Å². The van der Waals surface area contributed by atoms with Gasteiger partial charge in [0, 0.05) is 0 Å². The molecule has 1 unspecified atom stereocenters. The molecule has 0 amide bonds. The topological polar surface area (TPSA) is 0 Å². The Labute approximate surface area is 97.8 Å². The predicted molar refractivity (Wildman–Crippen MR) is 70.9 cm³/mol. The van der Waals surface area contributed by atoms with Crippen molar-refractivity contribution in [3.63, 3.8) is 0 Å². The molecule has 0 saturated carbocycles. The fourth-order valence-electron chi connectivity index (χ4n) is 2.53. The van der Waals surface area contributed by atoms with Crippen molar-refractivity contribution < 1.29 is 0 Å². The second-order valence-corrected chi connectivity index (χ2v) is 4.88. The molecule has 0 nitrogen and oxygen atoms in total. The Bertz CT molecular complexity index is 109. The summed E-state index contributed by atoms with van der Waals surface area (Å²) < 4.78 is 0. The lowest BCUT2D eigenvalue weighted by Gasteiger charge is -2.26. The Kier molecular flexibility index (Phi) is 10.5. The highest BCUT2D eigenvalue weighted by Gasteiger charge is 2.17. The molecule has 0 heterocycles. The summed E-state index contributed by atoms with van der Waals surface area (Å²) in [6.07, 6.45) is 12.3. The minimum Gasteiger partial charge on any atom is -0.0654 e. The molecule has 0 aromatic carbocycles. The van der Waals surface area contributed by atoms with E-state index in [1.165, 1.54) is 51.4 Å². The molecule has 0 aliphatic heterocycles. The van der Waals surface area contributed by atoms with E-state index in [9.17, 15) is 0 Å². The van der Waals surface area contributed by atoms with Crippen LogP contribution in [-0.4, -0.2) is 0 Å². The molecule has 0 N–H and O–H groups in total. The quantitative estimate of drug-likeness (QED) is 0.440. The lowest BCUT2D eigenvalue weighted by molar-refractivity contribution is 0.265. The number of unbranched alkanes of at least 4 members (excludes halogenated alkanes) is 2. The molecular formula is C15H31. The zero-order valence-electron chi connectivity index (χ0n) is 11.2. The standard InChI is InChI=1S/C15H31/c1-5-9-12-15(13-10-6-2)14(8-4)11-7-3/h14-15H,4-13H2,1-3H3. The molecule has 0 fully saturated rings. The van der Waals surface area contributed by atoms with Crippen LogP contribution in [0.4, 0.5) is 0 Å². The number of hydrogen-bond acceptors (Lipinski definition) is 0. The smallest absolute Gasteiger partial charge is 0.0386 e. The highest BCUT2D eigenvalue weighted by Crippen LogP contribution is 2.30. The van der Waals surface area contributed by atoms with E-state index in [1.54, 1.807) is 0 Å². The molecular weight excluding hydrogens is 180 g/mol. The van der Waals surface area contributed by atoms with E-state index < -0.39 is 0 Å². The van der Waals surface area contributed by atoms with Gasteiger partial charge in [-0.05, 0) is 11.8 Å². The SMILES string of the molecule is [CH2]CC(CCC)C(CCCC)CCCC. The van der Waals surface area contributed by atoms with Gasteiger partial charge in [0.1, 0.15) is 0 Å². The maximum atomic E-state index is 4.14. The van der Waals surface area contributed by atoms with Crippen molar-refractivity contribution in [3.05, 3.63) is 6.92 Å². The summed E-state index contributed by atoms with van der Waals surface area (Å²) in [7, 11) is 0. The van der Waals surface area contributed by atoms with Crippen molar-refractivity contribution in [2.45, 2.75) is 78.6 Å². The van der Waals surface area contributed by atoms with Crippen LogP contribution in [0.25, 0.3) is 0 Å². The molecule has 0 spiro atoms. The number of rotatable bonds is 10. The summed E-state index contributed by atoms with van der Waals surface area (Å²) in [6.45, 7) is 11.0. The monoisotopic (exact) mass is 211 g/mol. The molecule has 0 saturated heterocycles. The first kappa shape index (κ1) is 15.0. The van der Waals surface area contributed by atoms with Crippen LogP contribution in [0.5, 0.6) is 0 Å². The fourth-order valence-corrected chi connectivity index (χ4v) is 2.53. The molecule has 1 atom stereocenters. The lowest BCUT2D eigenvalue weighted by atomic mass is 9.80. The first-order chi connectivity index (χ1) is 7.29. The molecule has 0 aromatic rings. The van der Waals surface area contributed by atoms with Crippen molar-refractivity contribution in [2.75, 3.05) is 0 Å². The molecule has 0 aromatic heterocycles. The van der Waals surface area contributed by atoms with Crippen molar-refractivity contribution in [1.29, 1.82) is 0 Å². The summed E-state index contributed by atoms with van der Waals surface area (Å²) in [5.41, 5.74) is 0. The van der Waals surface area contributed by atoms with Crippen molar-refractivity contribution in [1.82, 2.24) is 0 Å². The average molecular weight is 211 g/mol. The molecule has 0 heteroatoms. The minimum atomic E-state index is 0.896. The van der Waals surface area contributed by atoms with Gasteiger partial charge in [0.2, 0.25) is 0 Å². The molecule has 0 aliphatic carbocycles. The van der Waals surface area contributed by atoms with Gasteiger partial charge in [-0.25, -0.2) is 0 Å². The van der Waals surface area contributed by atoms with Gasteiger partial charge in [-0.1, -0.05) is 85.5 Å². The molecule has 91 valence electrons. The minimum absolute atomic E-state index is 0.896. The third-order valence-corrected chi connectivity index (χ3v) is 3.55. The van der Waals surface area contributed by atoms with Gasteiger partial charge in [-0.3, -0.25) is 0 Å². The van der Waals surface area contributed by atoms with E-state index in [4.69, 9.17) is 0 Å². The largest absolute Gasteiger partial charge is 0.0654 e. The van der Waals surface area contributed by atoms with E-state index in [2.05, 4.69) is 27.7 Å². The van der Waals surface area contributed by atoms with Gasteiger partial charge in [0.15, 0.2) is 0 Å². The zero-order valence-corrected chi connectivity index (χ0v) is 11.2. The Morgan fingerprint density at radius 2 is 1.27 bits per heavy atom. The third-order valence-electron chi connectivity index (χ3n) is 3.55. The van der Waals surface area contributed by atoms with Crippen LogP contribution in [0.2, 0.25) is 0 Å². The van der Waals surface area contributed by atoms with Crippen LogP contribution in [0.15, 0.2) is 0 Å². The summed E-state index contributed by atoms with van der Waals surface area (Å²) >= 11 is 0. The van der Waals surface area contributed by atoms with Crippen molar-refractivity contribution in [2.24, 2.45) is 11.8 Å². The van der Waals surface area contributed by atoms with Gasteiger partial charge in [-0.15, -0.1) is 0 Å². The van der Waals surface area contributed by atoms with Crippen LogP contribution in [0.3, 0.4) is 0 Å². The fraction of sp³-hybridized carbons (Fsp3) is 0.933. The second-order valence-electron chi connectivity index (χ2n) is 4.88. The molecule has 15 heavy (non-hydrogen) atoms. The average Bonchev–Trinajstić information content (AvgIpc) is 2.27. The van der Waals surface area contributed by atoms with Gasteiger partial charge >= 0.3 is 0 Å². The molecule has 1 radical (unpaired) electrons. The molecule has 0 rings (SSSR count). The Morgan fingerprint density at radius 3 is 1.60 bits per heavy atom. The van der Waals surface area contributed by atoms with E-state index >= 15 is 0 Å². The highest BCUT2D eigenvalue weighted by molar-refractivity contribution is 4.71. The Balaban J connectivity index is 4.02. The maximum absolute atomic E-state index is 4.14. The number of hydrogen-bond donors (Lipinski definition) is 0. The summed E-state index contributed by atoms with van der Waals surface area (Å²) in [4.78, 5) is 0. The van der Waals surface area contributed by atoms with Crippen molar-refractivity contribution >= 4 is 0 Å². The summed E-state index contributed by atoms with van der Waals surface area (Å²) in [5, 5.41) is 0. The van der Waals surface area contributed by atoms with Crippen LogP contribution in [0, 0.1) is 18.8 Å². The van der Waals surface area contributed by atoms with Crippen LogP contribution in [0.1, 0.15) is 78.6 Å². The predicted octanol–water partition coefficient (Wildman–Crippen LogP) is 5.62. The second kappa shape index (κ2) is 10.5. The molecule has 0 aliphatic rings. The Morgan fingerprint density at radius 1 is 0.733 bits per heavy atom. The van der Waals surface area contributed by atoms with Crippen molar-refractivity contribution in [3.8, 4) is 0 Å². The van der Waals surface area contributed by atoms with Gasteiger partial charge in [0.25, 0.3) is 0 Å². The zero-order chi connectivity index (χ0) is 11.5. The third kappa shape index (κ3) is 6.98. The Hall–Kier alpha value is 0. The lowest BCUT2D eigenvalue weighted by Crippen LogP contribution is -2.14. The van der Waals surface area contributed by atoms with E-state index in [0.717, 1.165) is 18.3 Å². The maximum Gasteiger partial charge on any atom is -0.0386 e. The molecule has 0 bridgehead atoms. The van der Waals surface area contributed by atoms with Gasteiger partial charge < -0.3 is 0 Å². The van der Waals surface area contributed by atoms with Crippen LogP contribution in [-0.2, 0) is 0 Å². The first-order valence-corrected chi connectivity index (χ1v) is 7.09. The van der Waals surface area contributed by atoms with E-state index in [-0.39, 0.29) is 0 Å². The highest BCUT2D eigenvalue weighted by atomic mass is 14.2. The first-order valence-electron chi connectivity index (χ1n) is 7.09. The summed E-state index contributed by atoms with van der Waals surface area (Å²) in [5.74, 6) is 1.86. The normalized spacial score (nSPS) is 13.4.